The molecule has 0 heterocycles. The van der Waals surface area contributed by atoms with E-state index in [0.29, 0.717) is 6.54 Å². The van der Waals surface area contributed by atoms with Crippen LogP contribution < -0.4 is 5.73 Å². The van der Waals surface area contributed by atoms with Crippen molar-refractivity contribution in [1.82, 2.24) is 0 Å². The molecular formula is C13H16N2O2. The molecule has 0 spiro atoms. The predicted octanol–water partition coefficient (Wildman–Crippen LogP) is 1.96. The number of Topliss-reactive ketones (excluding diaryl/α,β-unsaturated/α-hetero) is 1. The number of aliphatic hydroxyl groups excluding tert-OH is 1. The lowest BCUT2D eigenvalue weighted by molar-refractivity contribution is -0.113. The molecule has 0 unspecified atom stereocenters. The summed E-state index contributed by atoms with van der Waals surface area (Å²) in [4.78, 5) is 15.4. The van der Waals surface area contributed by atoms with E-state index in [1.165, 1.54) is 13.8 Å². The minimum Gasteiger partial charge on any atom is -0.512 e. The van der Waals surface area contributed by atoms with Crippen LogP contribution in [-0.4, -0.2) is 16.7 Å². The summed E-state index contributed by atoms with van der Waals surface area (Å²) in [5.74, 6) is -0.326. The number of benzene rings is 1. The lowest BCUT2D eigenvalue weighted by Crippen LogP contribution is -2.21. The molecule has 4 heteroatoms. The number of carbonyl (C=O) groups is 1. The van der Waals surface area contributed by atoms with Crippen molar-refractivity contribution in [2.75, 3.05) is 0 Å². The molecule has 4 nitrogen and oxygen atoms in total. The number of nitrogens with two attached hydrogens (primary N) is 1. The van der Waals surface area contributed by atoms with Crippen LogP contribution in [0.25, 0.3) is 0 Å². The van der Waals surface area contributed by atoms with Crippen molar-refractivity contribution in [2.24, 2.45) is 10.7 Å². The van der Waals surface area contributed by atoms with E-state index in [1.807, 2.05) is 30.3 Å². The van der Waals surface area contributed by atoms with Gasteiger partial charge < -0.3 is 10.8 Å². The zero-order valence-corrected chi connectivity index (χ0v) is 9.97. The SMILES string of the molecule is CC(=O)/C(C(N)=NCc1ccccc1)=C(/C)O. The van der Waals surface area contributed by atoms with Crippen LogP contribution in [0.4, 0.5) is 0 Å². The first-order valence-corrected chi connectivity index (χ1v) is 5.27. The van der Waals surface area contributed by atoms with Crippen molar-refractivity contribution >= 4 is 11.6 Å². The third-order valence-electron chi connectivity index (χ3n) is 2.24. The van der Waals surface area contributed by atoms with Crippen LogP contribution in [0.15, 0.2) is 46.7 Å². The van der Waals surface area contributed by atoms with E-state index in [0.717, 1.165) is 5.56 Å². The Morgan fingerprint density at radius 1 is 1.29 bits per heavy atom. The second kappa shape index (κ2) is 5.84. The average molecular weight is 232 g/mol. The van der Waals surface area contributed by atoms with Gasteiger partial charge in [-0.3, -0.25) is 9.79 Å². The van der Waals surface area contributed by atoms with Crippen molar-refractivity contribution in [3.05, 3.63) is 47.2 Å². The molecule has 0 aromatic heterocycles. The van der Waals surface area contributed by atoms with Gasteiger partial charge in [0.05, 0.1) is 12.1 Å². The van der Waals surface area contributed by atoms with E-state index < -0.39 is 0 Å². The van der Waals surface area contributed by atoms with Crippen LogP contribution >= 0.6 is 0 Å². The van der Waals surface area contributed by atoms with Gasteiger partial charge in [-0.2, -0.15) is 0 Å². The molecule has 0 fully saturated rings. The lowest BCUT2D eigenvalue weighted by Gasteiger charge is -2.04. The molecule has 0 aliphatic heterocycles. The Morgan fingerprint density at radius 3 is 2.35 bits per heavy atom. The standard InChI is InChI=1S/C13H16N2O2/c1-9(16)12(10(2)17)13(14)15-8-11-6-4-3-5-7-11/h3-7,16H,8H2,1-2H3,(H2,14,15)/b12-9+. The monoisotopic (exact) mass is 232 g/mol. The summed E-state index contributed by atoms with van der Waals surface area (Å²) in [6, 6.07) is 9.55. The summed E-state index contributed by atoms with van der Waals surface area (Å²) in [5, 5.41) is 9.35. The van der Waals surface area contributed by atoms with Crippen LogP contribution in [0, 0.1) is 0 Å². The summed E-state index contributed by atoms with van der Waals surface area (Å²) in [6.07, 6.45) is 0. The minimum absolute atomic E-state index is 0.0707. The highest BCUT2D eigenvalue weighted by atomic mass is 16.3. The van der Waals surface area contributed by atoms with Crippen LogP contribution in [0.3, 0.4) is 0 Å². The molecule has 0 bridgehead atoms. The Bertz CT molecular complexity index is 458. The normalized spacial score (nSPS) is 13.2. The van der Waals surface area contributed by atoms with Gasteiger partial charge in [0.15, 0.2) is 5.78 Å². The number of amidine groups is 1. The van der Waals surface area contributed by atoms with Gasteiger partial charge in [0.1, 0.15) is 11.6 Å². The zero-order valence-electron chi connectivity index (χ0n) is 9.97. The number of ketones is 1. The first kappa shape index (κ1) is 13.0. The van der Waals surface area contributed by atoms with Crippen LogP contribution in [0.1, 0.15) is 19.4 Å². The lowest BCUT2D eigenvalue weighted by atomic mass is 10.1. The smallest absolute Gasteiger partial charge is 0.166 e. The third kappa shape index (κ3) is 3.75. The fraction of sp³-hybridized carbons (Fsp3) is 0.231. The maximum Gasteiger partial charge on any atom is 0.166 e. The maximum atomic E-state index is 11.3. The molecule has 90 valence electrons. The molecule has 0 radical (unpaired) electrons. The third-order valence-corrected chi connectivity index (χ3v) is 2.24. The Morgan fingerprint density at radius 2 is 1.88 bits per heavy atom. The van der Waals surface area contributed by atoms with E-state index in [9.17, 15) is 9.90 Å². The summed E-state index contributed by atoms with van der Waals surface area (Å²) in [6.45, 7) is 3.15. The van der Waals surface area contributed by atoms with E-state index >= 15 is 0 Å². The Labute approximate surface area is 100 Å². The van der Waals surface area contributed by atoms with Gasteiger partial charge in [-0.05, 0) is 19.4 Å². The summed E-state index contributed by atoms with van der Waals surface area (Å²) in [5.41, 5.74) is 6.76. The average Bonchev–Trinajstić information content (AvgIpc) is 2.27. The highest BCUT2D eigenvalue weighted by Crippen LogP contribution is 2.05. The number of hydrogen-bond donors (Lipinski definition) is 2. The number of allylic oxidation sites excluding steroid dienone is 1. The van der Waals surface area contributed by atoms with Crippen LogP contribution in [0.2, 0.25) is 0 Å². The number of rotatable bonds is 4. The van der Waals surface area contributed by atoms with Gasteiger partial charge in [0.25, 0.3) is 0 Å². The fourth-order valence-corrected chi connectivity index (χ4v) is 1.46. The van der Waals surface area contributed by atoms with Crippen LogP contribution in [0.5, 0.6) is 0 Å². The Hall–Kier alpha value is -2.10. The topological polar surface area (TPSA) is 75.7 Å². The zero-order chi connectivity index (χ0) is 12.8. The Balaban J connectivity index is 2.87. The molecule has 1 rings (SSSR count). The van der Waals surface area contributed by atoms with Gasteiger partial charge in [0.2, 0.25) is 0 Å². The molecule has 0 aliphatic carbocycles. The first-order valence-electron chi connectivity index (χ1n) is 5.27. The highest BCUT2D eigenvalue weighted by molar-refractivity contribution is 6.20. The molecule has 3 N–H and O–H groups in total. The number of aliphatic imine (C=N–C) groups is 1. The molecule has 0 saturated carbocycles. The summed E-state index contributed by atoms with van der Waals surface area (Å²) < 4.78 is 0. The van der Waals surface area contributed by atoms with Crippen molar-refractivity contribution in [3.8, 4) is 0 Å². The maximum absolute atomic E-state index is 11.3. The largest absolute Gasteiger partial charge is 0.512 e. The number of nitrogens with zero attached hydrogens (tertiary/aromatic N) is 1. The van der Waals surface area contributed by atoms with Gasteiger partial charge in [0, 0.05) is 0 Å². The quantitative estimate of drug-likeness (QED) is 0.360. The number of hydrogen-bond acceptors (Lipinski definition) is 3. The van der Waals surface area contributed by atoms with E-state index in [4.69, 9.17) is 5.73 Å². The van der Waals surface area contributed by atoms with E-state index in [1.54, 1.807) is 0 Å². The summed E-state index contributed by atoms with van der Waals surface area (Å²) in [7, 11) is 0. The highest BCUT2D eigenvalue weighted by Gasteiger charge is 2.12. The molecular weight excluding hydrogens is 216 g/mol. The van der Waals surface area contributed by atoms with Gasteiger partial charge >= 0.3 is 0 Å². The molecule has 0 amide bonds. The molecule has 0 saturated heterocycles. The molecule has 1 aromatic carbocycles. The number of aliphatic hydroxyl groups is 1. The molecule has 1 aromatic rings. The second-order valence-electron chi connectivity index (χ2n) is 3.70. The minimum atomic E-state index is -0.292. The van der Waals surface area contributed by atoms with Crippen molar-refractivity contribution in [2.45, 2.75) is 20.4 Å². The number of carbonyl (C=O) groups excluding carboxylic acids is 1. The van der Waals surface area contributed by atoms with Crippen molar-refractivity contribution < 1.29 is 9.90 Å². The second-order valence-corrected chi connectivity index (χ2v) is 3.70. The van der Waals surface area contributed by atoms with Gasteiger partial charge in [-0.15, -0.1) is 0 Å². The predicted molar refractivity (Wildman–Crippen MR) is 67.8 cm³/mol. The van der Waals surface area contributed by atoms with Crippen molar-refractivity contribution in [3.63, 3.8) is 0 Å². The molecule has 17 heavy (non-hydrogen) atoms. The fourth-order valence-electron chi connectivity index (χ4n) is 1.46. The van der Waals surface area contributed by atoms with Crippen LogP contribution in [-0.2, 0) is 11.3 Å². The van der Waals surface area contributed by atoms with E-state index in [2.05, 4.69) is 4.99 Å². The van der Waals surface area contributed by atoms with E-state index in [-0.39, 0.29) is 23.0 Å². The Kier molecular flexibility index (Phi) is 4.46. The summed E-state index contributed by atoms with van der Waals surface area (Å²) >= 11 is 0. The van der Waals surface area contributed by atoms with Crippen molar-refractivity contribution in [1.29, 1.82) is 0 Å². The van der Waals surface area contributed by atoms with Gasteiger partial charge in [-0.25, -0.2) is 0 Å². The van der Waals surface area contributed by atoms with Gasteiger partial charge in [-0.1, -0.05) is 30.3 Å². The first-order chi connectivity index (χ1) is 8.02. The molecule has 0 aliphatic rings. The molecule has 0 atom stereocenters.